The van der Waals surface area contributed by atoms with E-state index in [1.165, 1.54) is 25.7 Å². The molecule has 1 aliphatic rings. The molecule has 0 aliphatic carbocycles. The summed E-state index contributed by atoms with van der Waals surface area (Å²) in [6, 6.07) is 12.4. The van der Waals surface area contributed by atoms with Gasteiger partial charge in [0.15, 0.2) is 0 Å². The van der Waals surface area contributed by atoms with Crippen molar-refractivity contribution in [1.82, 2.24) is 19.9 Å². The average Bonchev–Trinajstić information content (AvgIpc) is 3.17. The van der Waals surface area contributed by atoms with E-state index in [1.807, 2.05) is 24.5 Å². The van der Waals surface area contributed by atoms with Crippen LogP contribution in [0.2, 0.25) is 0 Å². The van der Waals surface area contributed by atoms with E-state index in [4.69, 9.17) is 4.98 Å². The van der Waals surface area contributed by atoms with Gasteiger partial charge in [-0.15, -0.1) is 0 Å². The summed E-state index contributed by atoms with van der Waals surface area (Å²) in [5, 5.41) is 8.92. The van der Waals surface area contributed by atoms with Gasteiger partial charge in [-0.3, -0.25) is 4.98 Å². The molecule has 2 N–H and O–H groups in total. The van der Waals surface area contributed by atoms with Crippen molar-refractivity contribution in [3.63, 3.8) is 0 Å². The highest BCUT2D eigenvalue weighted by atomic mass is 15.2. The molecule has 1 aliphatic heterocycles. The van der Waals surface area contributed by atoms with Crippen LogP contribution in [0.25, 0.3) is 27.7 Å². The number of pyridine rings is 2. The molecule has 5 rings (SSSR count). The van der Waals surface area contributed by atoms with E-state index < -0.39 is 0 Å². The van der Waals surface area contributed by atoms with Gasteiger partial charge in [0.1, 0.15) is 17.5 Å². The molecule has 4 heterocycles. The van der Waals surface area contributed by atoms with Crippen LogP contribution in [0, 0.1) is 0 Å². The fraction of sp³-hybridized carbons (Fsp3) is 0.333. The van der Waals surface area contributed by atoms with Crippen LogP contribution in [0.5, 0.6) is 0 Å². The quantitative estimate of drug-likeness (QED) is 0.307. The molecule has 1 aromatic carbocycles. The van der Waals surface area contributed by atoms with Gasteiger partial charge in [0.25, 0.3) is 0 Å². The zero-order chi connectivity index (χ0) is 25.8. The lowest BCUT2D eigenvalue weighted by atomic mass is 10.1. The van der Waals surface area contributed by atoms with E-state index in [-0.39, 0.29) is 5.54 Å². The fourth-order valence-corrected chi connectivity index (χ4v) is 4.62. The third-order valence-corrected chi connectivity index (χ3v) is 6.46. The lowest BCUT2D eigenvalue weighted by Gasteiger charge is -2.22. The molecule has 0 spiro atoms. The van der Waals surface area contributed by atoms with E-state index in [0.717, 1.165) is 63.8 Å². The molecule has 0 unspecified atom stereocenters. The summed E-state index contributed by atoms with van der Waals surface area (Å²) in [5.74, 6) is 2.52. The molecule has 7 nitrogen and oxygen atoms in total. The first-order valence-electron chi connectivity index (χ1n) is 13.0. The number of anilines is 3. The lowest BCUT2D eigenvalue weighted by Crippen LogP contribution is -2.26. The van der Waals surface area contributed by atoms with Crippen molar-refractivity contribution in [2.75, 3.05) is 28.6 Å². The molecule has 37 heavy (non-hydrogen) atoms. The molecular weight excluding hydrogens is 458 g/mol. The highest BCUT2D eigenvalue weighted by Gasteiger charge is 2.13. The molecule has 1 saturated heterocycles. The lowest BCUT2D eigenvalue weighted by molar-refractivity contribution is 0.630. The Labute approximate surface area is 219 Å². The van der Waals surface area contributed by atoms with Gasteiger partial charge in [0, 0.05) is 53.2 Å². The summed E-state index contributed by atoms with van der Waals surface area (Å²) >= 11 is 0. The van der Waals surface area contributed by atoms with Gasteiger partial charge in [-0.25, -0.2) is 15.0 Å². The Balaban J connectivity index is 1.35. The van der Waals surface area contributed by atoms with Crippen LogP contribution >= 0.6 is 0 Å². The normalized spacial score (nSPS) is 14.3. The first-order chi connectivity index (χ1) is 17.8. The molecule has 190 valence electrons. The molecule has 4 aromatic rings. The summed E-state index contributed by atoms with van der Waals surface area (Å²) < 4.78 is 0. The van der Waals surface area contributed by atoms with Crippen molar-refractivity contribution in [1.29, 1.82) is 0 Å². The second kappa shape index (κ2) is 10.5. The number of rotatable bonds is 6. The number of nitrogens with one attached hydrogen (secondary N) is 2. The van der Waals surface area contributed by atoms with Crippen LogP contribution in [0.1, 0.15) is 52.0 Å². The summed E-state index contributed by atoms with van der Waals surface area (Å²) in [6.45, 7) is 12.7. The van der Waals surface area contributed by atoms with Gasteiger partial charge < -0.3 is 15.5 Å². The first-order valence-corrected chi connectivity index (χ1v) is 13.0. The third kappa shape index (κ3) is 6.23. The molecular formula is C30H35N7. The second-order valence-electron chi connectivity index (χ2n) is 10.7. The Morgan fingerprint density at radius 3 is 2.46 bits per heavy atom. The average molecular weight is 494 g/mol. The summed E-state index contributed by atoms with van der Waals surface area (Å²) in [5.41, 5.74) is 3.56. The van der Waals surface area contributed by atoms with Gasteiger partial charge in [0.05, 0.1) is 18.1 Å². The van der Waals surface area contributed by atoms with Crippen molar-refractivity contribution in [3.05, 3.63) is 73.3 Å². The van der Waals surface area contributed by atoms with Crippen LogP contribution in [0.4, 0.5) is 17.5 Å². The van der Waals surface area contributed by atoms with Crippen molar-refractivity contribution in [3.8, 4) is 11.3 Å². The van der Waals surface area contributed by atoms with E-state index in [1.54, 1.807) is 12.4 Å². The Kier molecular flexibility index (Phi) is 7.04. The third-order valence-electron chi connectivity index (χ3n) is 6.46. The monoisotopic (exact) mass is 493 g/mol. The van der Waals surface area contributed by atoms with Crippen molar-refractivity contribution in [2.45, 2.75) is 52.0 Å². The van der Waals surface area contributed by atoms with Gasteiger partial charge in [-0.05, 0) is 63.3 Å². The number of benzene rings is 1. The van der Waals surface area contributed by atoms with Crippen LogP contribution in [-0.4, -0.2) is 38.6 Å². The maximum Gasteiger partial charge on any atom is 0.145 e. The largest absolute Gasteiger partial charge is 0.364 e. The van der Waals surface area contributed by atoms with Crippen molar-refractivity contribution in [2.24, 2.45) is 0 Å². The number of hydrogen-bond acceptors (Lipinski definition) is 7. The van der Waals surface area contributed by atoms with Gasteiger partial charge in [0.2, 0.25) is 0 Å². The molecule has 0 bridgehead atoms. The smallest absolute Gasteiger partial charge is 0.145 e. The minimum atomic E-state index is -0.0893. The predicted molar refractivity (Wildman–Crippen MR) is 154 cm³/mol. The number of aromatic nitrogens is 4. The predicted octanol–water partition coefficient (Wildman–Crippen LogP) is 6.76. The van der Waals surface area contributed by atoms with Crippen LogP contribution in [0.15, 0.2) is 67.8 Å². The Morgan fingerprint density at radius 1 is 0.865 bits per heavy atom. The topological polar surface area (TPSA) is 78.9 Å². The molecule has 3 aromatic heterocycles. The van der Waals surface area contributed by atoms with E-state index in [0.29, 0.717) is 0 Å². The van der Waals surface area contributed by atoms with Gasteiger partial charge in [-0.2, -0.15) is 0 Å². The van der Waals surface area contributed by atoms with Gasteiger partial charge in [-0.1, -0.05) is 31.6 Å². The minimum absolute atomic E-state index is 0.0893. The highest BCUT2D eigenvalue weighted by Crippen LogP contribution is 2.27. The minimum Gasteiger partial charge on any atom is -0.364 e. The van der Waals surface area contributed by atoms with E-state index in [9.17, 15) is 0 Å². The van der Waals surface area contributed by atoms with Gasteiger partial charge >= 0.3 is 0 Å². The molecule has 0 amide bonds. The molecule has 0 atom stereocenters. The summed E-state index contributed by atoms with van der Waals surface area (Å²) in [4.78, 5) is 20.8. The highest BCUT2D eigenvalue weighted by molar-refractivity contribution is 5.89. The van der Waals surface area contributed by atoms with Crippen LogP contribution in [0.3, 0.4) is 0 Å². The molecule has 7 heteroatoms. The maximum atomic E-state index is 4.77. The van der Waals surface area contributed by atoms with Crippen LogP contribution < -0.4 is 15.5 Å². The second-order valence-corrected chi connectivity index (χ2v) is 10.7. The Bertz CT molecular complexity index is 1400. The van der Waals surface area contributed by atoms with Crippen molar-refractivity contribution >= 4 is 33.9 Å². The summed E-state index contributed by atoms with van der Waals surface area (Å²) in [6.07, 6.45) is 12.3. The van der Waals surface area contributed by atoms with Crippen molar-refractivity contribution < 1.29 is 0 Å². The zero-order valence-electron chi connectivity index (χ0n) is 22.0. The Hall–Kier alpha value is -4.00. The fourth-order valence-electron chi connectivity index (χ4n) is 4.62. The summed E-state index contributed by atoms with van der Waals surface area (Å²) in [7, 11) is 0. The van der Waals surface area contributed by atoms with Crippen LogP contribution in [-0.2, 0) is 0 Å². The van der Waals surface area contributed by atoms with E-state index in [2.05, 4.69) is 82.1 Å². The first kappa shape index (κ1) is 24.7. The number of fused-ring (bicyclic) bond motifs is 1. The molecule has 0 radical (unpaired) electrons. The maximum absolute atomic E-state index is 4.77. The molecule has 0 saturated carbocycles. The number of hydrogen-bond donors (Lipinski definition) is 2. The standard InChI is InChI=1S/C30H35N7/c1-21(22-11-12-32-29(17-22)37-13-7-5-6-8-14-37)34-27-16-25-15-23(9-10-24(25)18-33-27)26-19-31-20-28(35-26)36-30(2,3)4/h9-12,15-20H,1,5-8,13-14H2,2-4H3,(H,33,34)(H,35,36). The Morgan fingerprint density at radius 2 is 1.68 bits per heavy atom. The molecule has 1 fully saturated rings. The SMILES string of the molecule is C=C(Nc1cc2cc(-c3cncc(NC(C)(C)C)n3)ccc2cn1)c1ccnc(N2CCCCCC2)c1. The van der Waals surface area contributed by atoms with E-state index >= 15 is 0 Å². The number of nitrogens with zero attached hydrogens (tertiary/aromatic N) is 5. The zero-order valence-corrected chi connectivity index (χ0v) is 22.0.